The lowest BCUT2D eigenvalue weighted by Crippen LogP contribution is -2.01. The Kier molecular flexibility index (Phi) is 3.00. The molecule has 0 saturated carbocycles. The fourth-order valence-corrected chi connectivity index (χ4v) is 1.84. The van der Waals surface area contributed by atoms with Gasteiger partial charge in [-0.05, 0) is 38.5 Å². The summed E-state index contributed by atoms with van der Waals surface area (Å²) in [5, 5.41) is 3.35. The van der Waals surface area contributed by atoms with Gasteiger partial charge in [-0.15, -0.1) is 0 Å². The van der Waals surface area contributed by atoms with E-state index in [1.54, 1.807) is 12.3 Å². The number of nitrogens with one attached hydrogen (secondary N) is 1. The van der Waals surface area contributed by atoms with Crippen LogP contribution in [0.2, 0.25) is 0 Å². The van der Waals surface area contributed by atoms with Crippen molar-refractivity contribution in [3.8, 4) is 0 Å². The van der Waals surface area contributed by atoms with Crippen molar-refractivity contribution in [1.82, 2.24) is 4.98 Å². The molecule has 1 heterocycles. The van der Waals surface area contributed by atoms with Crippen LogP contribution in [0.25, 0.3) is 0 Å². The van der Waals surface area contributed by atoms with Crippen molar-refractivity contribution < 1.29 is 0 Å². The van der Waals surface area contributed by atoms with Gasteiger partial charge in [0.25, 0.3) is 0 Å². The Balaban J connectivity index is 2.38. The maximum absolute atomic E-state index is 5.95. The molecule has 0 saturated heterocycles. The molecule has 0 fully saturated rings. The highest BCUT2D eigenvalue weighted by Gasteiger charge is 2.05. The van der Waals surface area contributed by atoms with Gasteiger partial charge in [0.15, 0.2) is 0 Å². The molecular formula is C14H17N3. The van der Waals surface area contributed by atoms with Crippen molar-refractivity contribution in [2.24, 2.45) is 0 Å². The lowest BCUT2D eigenvalue weighted by atomic mass is 10.1. The third-order valence-corrected chi connectivity index (χ3v) is 2.81. The summed E-state index contributed by atoms with van der Waals surface area (Å²) >= 11 is 0. The van der Waals surface area contributed by atoms with E-state index in [9.17, 15) is 0 Å². The maximum atomic E-state index is 5.95. The molecule has 17 heavy (non-hydrogen) atoms. The number of aromatic nitrogens is 1. The van der Waals surface area contributed by atoms with Gasteiger partial charge < -0.3 is 11.1 Å². The summed E-state index contributed by atoms with van der Waals surface area (Å²) < 4.78 is 0. The molecule has 0 unspecified atom stereocenters. The zero-order valence-corrected chi connectivity index (χ0v) is 10.4. The highest BCUT2D eigenvalue weighted by atomic mass is 14.9. The first kappa shape index (κ1) is 11.5. The molecule has 0 aliphatic rings. The van der Waals surface area contributed by atoms with Crippen molar-refractivity contribution in [2.75, 3.05) is 11.1 Å². The van der Waals surface area contributed by atoms with E-state index in [1.165, 1.54) is 11.1 Å². The van der Waals surface area contributed by atoms with Gasteiger partial charge in [-0.1, -0.05) is 17.7 Å². The third kappa shape index (κ3) is 2.38. The number of hydrogen-bond acceptors (Lipinski definition) is 3. The first-order valence-electron chi connectivity index (χ1n) is 5.63. The maximum Gasteiger partial charge on any atom is 0.0834 e. The second kappa shape index (κ2) is 4.45. The molecule has 0 atom stereocenters. The molecule has 0 amide bonds. The average Bonchev–Trinajstić information content (AvgIpc) is 2.26. The van der Waals surface area contributed by atoms with Crippen LogP contribution in [0, 0.1) is 20.8 Å². The first-order chi connectivity index (χ1) is 8.08. The van der Waals surface area contributed by atoms with Crippen molar-refractivity contribution in [3.05, 3.63) is 47.3 Å². The van der Waals surface area contributed by atoms with Gasteiger partial charge in [-0.25, -0.2) is 0 Å². The van der Waals surface area contributed by atoms with Crippen LogP contribution in [0.1, 0.15) is 16.8 Å². The fourth-order valence-electron chi connectivity index (χ4n) is 1.84. The highest BCUT2D eigenvalue weighted by molar-refractivity contribution is 5.75. The Labute approximate surface area is 102 Å². The molecule has 3 N–H and O–H groups in total. The molecule has 3 heteroatoms. The summed E-state index contributed by atoms with van der Waals surface area (Å²) in [6.07, 6.45) is 1.72. The Hall–Kier alpha value is -2.03. The third-order valence-electron chi connectivity index (χ3n) is 2.81. The van der Waals surface area contributed by atoms with Gasteiger partial charge in [-0.3, -0.25) is 4.98 Å². The minimum Gasteiger partial charge on any atom is -0.397 e. The number of nitrogens with two attached hydrogens (primary N) is 1. The molecule has 0 aliphatic heterocycles. The van der Waals surface area contributed by atoms with E-state index in [4.69, 9.17) is 5.73 Å². The van der Waals surface area contributed by atoms with Crippen molar-refractivity contribution >= 4 is 17.1 Å². The number of nitrogens with zero attached hydrogens (tertiary/aromatic N) is 1. The van der Waals surface area contributed by atoms with Gasteiger partial charge in [-0.2, -0.15) is 0 Å². The quantitative estimate of drug-likeness (QED) is 0.827. The lowest BCUT2D eigenvalue weighted by molar-refractivity contribution is 1.20. The van der Waals surface area contributed by atoms with E-state index in [1.807, 2.05) is 6.92 Å². The van der Waals surface area contributed by atoms with Gasteiger partial charge >= 0.3 is 0 Å². The van der Waals surface area contributed by atoms with Crippen LogP contribution in [0.4, 0.5) is 17.1 Å². The van der Waals surface area contributed by atoms with Crippen LogP contribution in [-0.2, 0) is 0 Å². The van der Waals surface area contributed by atoms with Gasteiger partial charge in [0.1, 0.15) is 0 Å². The molecule has 0 bridgehead atoms. The van der Waals surface area contributed by atoms with E-state index >= 15 is 0 Å². The Morgan fingerprint density at radius 2 is 1.88 bits per heavy atom. The molecule has 2 aromatic rings. The normalized spacial score (nSPS) is 10.3. The van der Waals surface area contributed by atoms with E-state index < -0.39 is 0 Å². The SMILES string of the molecule is Cc1ccc(Nc2c(N)ccnc2C)c(C)c1. The standard InChI is InChI=1S/C14H17N3/c1-9-4-5-13(10(2)8-9)17-14-11(3)16-7-6-12(14)15/h4-8,17H,1-3H3,(H2,15,16). The zero-order chi connectivity index (χ0) is 12.4. The van der Waals surface area contributed by atoms with Crippen molar-refractivity contribution in [1.29, 1.82) is 0 Å². The van der Waals surface area contributed by atoms with Crippen LogP contribution in [0.3, 0.4) is 0 Å². The van der Waals surface area contributed by atoms with Crippen LogP contribution >= 0.6 is 0 Å². The molecular weight excluding hydrogens is 210 g/mol. The fraction of sp³-hybridized carbons (Fsp3) is 0.214. The van der Waals surface area contributed by atoms with Crippen LogP contribution in [-0.4, -0.2) is 4.98 Å². The number of aryl methyl sites for hydroxylation is 3. The van der Waals surface area contributed by atoms with Crippen LogP contribution in [0.5, 0.6) is 0 Å². The minimum atomic E-state index is 0.720. The Bertz CT molecular complexity index is 527. The largest absolute Gasteiger partial charge is 0.397 e. The number of nitrogen functional groups attached to an aromatic ring is 1. The second-order valence-electron chi connectivity index (χ2n) is 4.30. The zero-order valence-electron chi connectivity index (χ0n) is 10.4. The van der Waals surface area contributed by atoms with E-state index in [2.05, 4.69) is 42.3 Å². The smallest absolute Gasteiger partial charge is 0.0834 e. The summed E-state index contributed by atoms with van der Waals surface area (Å²) in [5.41, 5.74) is 12.0. The summed E-state index contributed by atoms with van der Waals surface area (Å²) in [6.45, 7) is 6.11. The number of pyridine rings is 1. The molecule has 3 nitrogen and oxygen atoms in total. The molecule has 0 radical (unpaired) electrons. The average molecular weight is 227 g/mol. The molecule has 1 aromatic heterocycles. The summed E-state index contributed by atoms with van der Waals surface area (Å²) in [4.78, 5) is 4.24. The second-order valence-corrected chi connectivity index (χ2v) is 4.30. The highest BCUT2D eigenvalue weighted by Crippen LogP contribution is 2.27. The Morgan fingerprint density at radius 1 is 1.12 bits per heavy atom. The van der Waals surface area contributed by atoms with Crippen molar-refractivity contribution in [3.63, 3.8) is 0 Å². The number of anilines is 3. The molecule has 2 rings (SSSR count). The minimum absolute atomic E-state index is 0.720. The first-order valence-corrected chi connectivity index (χ1v) is 5.63. The molecule has 1 aromatic carbocycles. The molecule has 0 aliphatic carbocycles. The van der Waals surface area contributed by atoms with Crippen molar-refractivity contribution in [2.45, 2.75) is 20.8 Å². The van der Waals surface area contributed by atoms with E-state index in [-0.39, 0.29) is 0 Å². The van der Waals surface area contributed by atoms with Crippen LogP contribution in [0.15, 0.2) is 30.5 Å². The summed E-state index contributed by atoms with van der Waals surface area (Å²) in [5.74, 6) is 0. The number of hydrogen-bond donors (Lipinski definition) is 2. The van der Waals surface area contributed by atoms with Gasteiger partial charge in [0.05, 0.1) is 17.1 Å². The van der Waals surface area contributed by atoms with E-state index in [0.29, 0.717) is 0 Å². The summed E-state index contributed by atoms with van der Waals surface area (Å²) in [7, 11) is 0. The summed E-state index contributed by atoms with van der Waals surface area (Å²) in [6, 6.07) is 8.09. The predicted octanol–water partition coefficient (Wildman–Crippen LogP) is 3.33. The predicted molar refractivity (Wildman–Crippen MR) is 72.6 cm³/mol. The monoisotopic (exact) mass is 227 g/mol. The van der Waals surface area contributed by atoms with Gasteiger partial charge in [0, 0.05) is 11.9 Å². The van der Waals surface area contributed by atoms with E-state index in [0.717, 1.165) is 22.8 Å². The van der Waals surface area contributed by atoms with Crippen LogP contribution < -0.4 is 11.1 Å². The lowest BCUT2D eigenvalue weighted by Gasteiger charge is -2.13. The topological polar surface area (TPSA) is 50.9 Å². The number of rotatable bonds is 2. The Morgan fingerprint density at radius 3 is 2.53 bits per heavy atom. The molecule has 88 valence electrons. The van der Waals surface area contributed by atoms with Gasteiger partial charge in [0.2, 0.25) is 0 Å². The molecule has 0 spiro atoms. The number of benzene rings is 1.